The van der Waals surface area contributed by atoms with Crippen molar-refractivity contribution in [1.29, 1.82) is 5.26 Å². The van der Waals surface area contributed by atoms with Crippen molar-refractivity contribution >= 4 is 23.1 Å². The molecule has 3 aliphatic heterocycles. The molecule has 0 spiro atoms. The minimum absolute atomic E-state index is 0.0324. The molecule has 1 aromatic carbocycles. The van der Waals surface area contributed by atoms with E-state index in [4.69, 9.17) is 26.3 Å². The van der Waals surface area contributed by atoms with Crippen molar-refractivity contribution in [3.05, 3.63) is 52.6 Å². The summed E-state index contributed by atoms with van der Waals surface area (Å²) in [6, 6.07) is 9.52. The Labute approximate surface area is 253 Å². The number of fused-ring (bicyclic) bond motifs is 2. The molecule has 0 bridgehead atoms. The van der Waals surface area contributed by atoms with Crippen LogP contribution < -0.4 is 14.5 Å². The van der Waals surface area contributed by atoms with Crippen molar-refractivity contribution in [1.82, 2.24) is 19.8 Å². The molecule has 2 aromatic rings. The third-order valence-corrected chi connectivity index (χ3v) is 9.76. The molecule has 224 valence electrons. The van der Waals surface area contributed by atoms with Crippen LogP contribution in [-0.2, 0) is 19.4 Å². The normalized spacial score (nSPS) is 24.8. The predicted octanol–water partition coefficient (Wildman–Crippen LogP) is 5.36. The largest absolute Gasteiger partial charge is 0.462 e. The zero-order valence-corrected chi connectivity index (χ0v) is 25.5. The lowest BCUT2D eigenvalue weighted by molar-refractivity contribution is 0.187. The van der Waals surface area contributed by atoms with Crippen LogP contribution in [-0.4, -0.2) is 78.2 Å². The van der Waals surface area contributed by atoms with Crippen LogP contribution in [0.25, 0.3) is 0 Å². The number of aromatic nitrogens is 2. The zero-order valence-electron chi connectivity index (χ0n) is 24.7. The minimum atomic E-state index is -0.249. The molecule has 0 amide bonds. The van der Waals surface area contributed by atoms with Crippen LogP contribution in [0.4, 0.5) is 15.9 Å². The Balaban J connectivity index is 1.32. The van der Waals surface area contributed by atoms with Crippen LogP contribution in [0.1, 0.15) is 66.8 Å². The smallest absolute Gasteiger partial charge is 0.318 e. The van der Waals surface area contributed by atoms with Gasteiger partial charge in [-0.15, -0.1) is 11.6 Å². The number of halogens is 2. The first-order valence-corrected chi connectivity index (χ1v) is 15.8. The molecular formula is C32H41ClFN7O. The maximum atomic E-state index is 13.8. The molecule has 3 atom stereocenters. The topological polar surface area (TPSA) is 71.8 Å². The number of piperazine rings is 1. The first kappa shape index (κ1) is 29.0. The Morgan fingerprint density at radius 3 is 2.79 bits per heavy atom. The Morgan fingerprint density at radius 2 is 2.00 bits per heavy atom. The summed E-state index contributed by atoms with van der Waals surface area (Å²) >= 11 is 6.88. The SMILES string of the molecule is CC(F)=CN1CCN(c2nc(OC[C@@H]3CCCN3C)nc3c2CCN(c2cccc4c2[C@H](Cl)CCC4)C3)C[C@@H]1CC#N. The van der Waals surface area contributed by atoms with Gasteiger partial charge in [-0.25, -0.2) is 4.39 Å². The fourth-order valence-electron chi connectivity index (χ4n) is 7.10. The summed E-state index contributed by atoms with van der Waals surface area (Å²) in [4.78, 5) is 19.0. The van der Waals surface area contributed by atoms with Gasteiger partial charge in [-0.2, -0.15) is 15.2 Å². The summed E-state index contributed by atoms with van der Waals surface area (Å²) in [6.07, 6.45) is 8.14. The van der Waals surface area contributed by atoms with E-state index in [0.717, 1.165) is 62.3 Å². The van der Waals surface area contributed by atoms with Crippen LogP contribution in [0.3, 0.4) is 0 Å². The van der Waals surface area contributed by atoms with Gasteiger partial charge >= 0.3 is 6.01 Å². The summed E-state index contributed by atoms with van der Waals surface area (Å²) in [5.41, 5.74) is 5.97. The van der Waals surface area contributed by atoms with Gasteiger partial charge in [0.1, 0.15) is 18.3 Å². The van der Waals surface area contributed by atoms with Crippen LogP contribution in [0.15, 0.2) is 30.2 Å². The molecule has 6 rings (SSSR count). The monoisotopic (exact) mass is 593 g/mol. The highest BCUT2D eigenvalue weighted by atomic mass is 35.5. The first-order valence-electron chi connectivity index (χ1n) is 15.4. The molecule has 42 heavy (non-hydrogen) atoms. The third-order valence-electron chi connectivity index (χ3n) is 9.33. The molecule has 2 fully saturated rings. The molecule has 0 radical (unpaired) electrons. The number of nitrogens with zero attached hydrogens (tertiary/aromatic N) is 7. The number of anilines is 2. The van der Waals surface area contributed by atoms with E-state index in [0.29, 0.717) is 51.3 Å². The number of rotatable bonds is 7. The Bertz CT molecular complexity index is 1360. The fourth-order valence-corrected chi connectivity index (χ4v) is 7.51. The van der Waals surface area contributed by atoms with Crippen molar-refractivity contribution in [3.63, 3.8) is 0 Å². The number of nitriles is 1. The highest BCUT2D eigenvalue weighted by molar-refractivity contribution is 6.21. The number of alkyl halides is 1. The average molecular weight is 594 g/mol. The van der Waals surface area contributed by atoms with Gasteiger partial charge in [-0.05, 0) is 76.2 Å². The van der Waals surface area contributed by atoms with E-state index < -0.39 is 0 Å². The number of hydrogen-bond donors (Lipinski definition) is 0. The second-order valence-corrected chi connectivity index (χ2v) is 12.7. The highest BCUT2D eigenvalue weighted by Gasteiger charge is 2.33. The van der Waals surface area contributed by atoms with E-state index in [1.165, 1.54) is 36.4 Å². The maximum absolute atomic E-state index is 13.8. The van der Waals surface area contributed by atoms with E-state index in [-0.39, 0.29) is 17.2 Å². The Morgan fingerprint density at radius 1 is 1.12 bits per heavy atom. The third kappa shape index (κ3) is 6.02. The standard InChI is InChI=1S/C32H41ClFN7O/c1-22(34)18-39-16-17-41(19-24(39)11-13-35)31-26-12-15-40(29-10-4-7-23-6-3-9-27(33)30(23)29)20-28(26)36-32(37-31)42-21-25-8-5-14-38(25)2/h4,7,10,18,24-25,27H,3,5-6,8-9,11-12,14-17,19-21H2,1-2H3/t24-,25-,27+/m0/s1. The van der Waals surface area contributed by atoms with Gasteiger partial charge in [-0.1, -0.05) is 12.1 Å². The molecule has 10 heteroatoms. The average Bonchev–Trinajstić information content (AvgIpc) is 3.40. The van der Waals surface area contributed by atoms with E-state index in [1.807, 2.05) is 4.90 Å². The number of allylic oxidation sites excluding steroid dienone is 1. The van der Waals surface area contributed by atoms with E-state index in [2.05, 4.69) is 46.0 Å². The van der Waals surface area contributed by atoms with E-state index in [1.54, 1.807) is 0 Å². The lowest BCUT2D eigenvalue weighted by Gasteiger charge is -2.42. The number of likely N-dealkylation sites (N-methyl/N-ethyl adjacent to an activating group) is 1. The summed E-state index contributed by atoms with van der Waals surface area (Å²) in [5, 5.41) is 9.56. The van der Waals surface area contributed by atoms with E-state index >= 15 is 0 Å². The van der Waals surface area contributed by atoms with Crippen molar-refractivity contribution in [2.45, 2.75) is 75.9 Å². The number of likely N-dealkylation sites (tertiary alicyclic amines) is 1. The Hall–Kier alpha value is -3.09. The van der Waals surface area contributed by atoms with Gasteiger partial charge in [0.2, 0.25) is 0 Å². The van der Waals surface area contributed by atoms with Gasteiger partial charge in [-0.3, -0.25) is 0 Å². The number of benzene rings is 1. The second kappa shape index (κ2) is 12.6. The molecular weight excluding hydrogens is 553 g/mol. The zero-order chi connectivity index (χ0) is 29.2. The lowest BCUT2D eigenvalue weighted by atomic mass is 9.89. The molecule has 1 aromatic heterocycles. The van der Waals surface area contributed by atoms with Crippen molar-refractivity contribution in [2.24, 2.45) is 0 Å². The van der Waals surface area contributed by atoms with Gasteiger partial charge < -0.3 is 24.3 Å². The van der Waals surface area contributed by atoms with Gasteiger partial charge in [0, 0.05) is 49.7 Å². The van der Waals surface area contributed by atoms with Crippen molar-refractivity contribution in [3.8, 4) is 12.1 Å². The second-order valence-electron chi connectivity index (χ2n) is 12.1. The van der Waals surface area contributed by atoms with Gasteiger partial charge in [0.05, 0.1) is 36.1 Å². The molecule has 4 heterocycles. The molecule has 1 aliphatic carbocycles. The maximum Gasteiger partial charge on any atom is 0.318 e. The number of aryl methyl sites for hydroxylation is 1. The minimum Gasteiger partial charge on any atom is -0.462 e. The van der Waals surface area contributed by atoms with Gasteiger partial charge in [0.25, 0.3) is 0 Å². The van der Waals surface area contributed by atoms with Crippen molar-refractivity contribution in [2.75, 3.05) is 56.2 Å². The number of ether oxygens (including phenoxy) is 1. The first-order chi connectivity index (χ1) is 20.4. The van der Waals surface area contributed by atoms with Crippen LogP contribution in [0.5, 0.6) is 6.01 Å². The van der Waals surface area contributed by atoms with Gasteiger partial charge in [0.15, 0.2) is 0 Å². The fraction of sp³-hybridized carbons (Fsp3) is 0.594. The molecule has 8 nitrogen and oxygen atoms in total. The van der Waals surface area contributed by atoms with Crippen LogP contribution in [0, 0.1) is 11.3 Å². The van der Waals surface area contributed by atoms with Crippen LogP contribution >= 0.6 is 11.6 Å². The molecule has 2 saturated heterocycles. The van der Waals surface area contributed by atoms with Crippen molar-refractivity contribution < 1.29 is 9.13 Å². The molecule has 4 aliphatic rings. The predicted molar refractivity (Wildman–Crippen MR) is 164 cm³/mol. The van der Waals surface area contributed by atoms with E-state index in [9.17, 15) is 9.65 Å². The molecule has 0 saturated carbocycles. The highest BCUT2D eigenvalue weighted by Crippen LogP contribution is 2.42. The number of hydrogen-bond acceptors (Lipinski definition) is 8. The summed E-state index contributed by atoms with van der Waals surface area (Å²) in [6.45, 7) is 6.50. The summed E-state index contributed by atoms with van der Waals surface area (Å²) in [7, 11) is 2.14. The lowest BCUT2D eigenvalue weighted by Crippen LogP contribution is -2.51. The summed E-state index contributed by atoms with van der Waals surface area (Å²) < 4.78 is 20.1. The molecule has 0 N–H and O–H groups in total. The summed E-state index contributed by atoms with van der Waals surface area (Å²) in [5.74, 6) is 0.643. The van der Waals surface area contributed by atoms with Crippen LogP contribution in [0.2, 0.25) is 0 Å². The quantitative estimate of drug-likeness (QED) is 0.397. The Kier molecular flexibility index (Phi) is 8.73. The molecule has 0 unspecified atom stereocenters.